The first-order chi connectivity index (χ1) is 7.60. The van der Waals surface area contributed by atoms with Crippen LogP contribution in [0.1, 0.15) is 59.8 Å². The van der Waals surface area contributed by atoms with Gasteiger partial charge in [-0.2, -0.15) is 0 Å². The molecule has 96 valence electrons. The molecule has 0 amide bonds. The van der Waals surface area contributed by atoms with E-state index in [1.807, 2.05) is 0 Å². The largest absolute Gasteiger partial charge is 0.326 e. The van der Waals surface area contributed by atoms with Gasteiger partial charge in [-0.15, -0.1) is 0 Å². The SMILES string of the molecule is CCCC(N)C(CC)N(CC(C)C)C1CC1. The van der Waals surface area contributed by atoms with Crippen molar-refractivity contribution in [2.24, 2.45) is 11.7 Å². The average Bonchev–Trinajstić information content (AvgIpc) is 3.00. The Kier molecular flexibility index (Phi) is 5.77. The van der Waals surface area contributed by atoms with Gasteiger partial charge in [0.2, 0.25) is 0 Å². The van der Waals surface area contributed by atoms with E-state index in [0.717, 1.165) is 12.0 Å². The van der Waals surface area contributed by atoms with E-state index in [4.69, 9.17) is 5.73 Å². The molecular weight excluding hydrogens is 196 g/mol. The maximum absolute atomic E-state index is 6.34. The lowest BCUT2D eigenvalue weighted by Crippen LogP contribution is -2.49. The van der Waals surface area contributed by atoms with Gasteiger partial charge in [-0.25, -0.2) is 0 Å². The second-order valence-electron chi connectivity index (χ2n) is 5.75. The van der Waals surface area contributed by atoms with Crippen LogP contribution in [0.5, 0.6) is 0 Å². The summed E-state index contributed by atoms with van der Waals surface area (Å²) in [6.07, 6.45) is 6.35. The van der Waals surface area contributed by atoms with Crippen molar-refractivity contribution >= 4 is 0 Å². The van der Waals surface area contributed by atoms with E-state index in [1.54, 1.807) is 0 Å². The fourth-order valence-corrected chi connectivity index (χ4v) is 2.69. The van der Waals surface area contributed by atoms with Crippen molar-refractivity contribution in [2.45, 2.75) is 77.9 Å². The minimum atomic E-state index is 0.370. The van der Waals surface area contributed by atoms with Gasteiger partial charge in [0.05, 0.1) is 0 Å². The molecule has 1 rings (SSSR count). The van der Waals surface area contributed by atoms with Gasteiger partial charge in [-0.1, -0.05) is 34.1 Å². The molecule has 0 heterocycles. The van der Waals surface area contributed by atoms with Crippen molar-refractivity contribution in [3.63, 3.8) is 0 Å². The van der Waals surface area contributed by atoms with Gasteiger partial charge in [-0.05, 0) is 31.6 Å². The number of nitrogens with two attached hydrogens (primary N) is 1. The molecule has 0 aromatic rings. The van der Waals surface area contributed by atoms with Gasteiger partial charge in [0.1, 0.15) is 0 Å². The molecule has 0 aliphatic heterocycles. The highest BCUT2D eigenvalue weighted by Gasteiger charge is 2.35. The van der Waals surface area contributed by atoms with Gasteiger partial charge >= 0.3 is 0 Å². The van der Waals surface area contributed by atoms with Crippen LogP contribution in [0.2, 0.25) is 0 Å². The fraction of sp³-hybridized carbons (Fsp3) is 1.00. The van der Waals surface area contributed by atoms with Gasteiger partial charge in [-0.3, -0.25) is 4.90 Å². The Morgan fingerprint density at radius 3 is 2.25 bits per heavy atom. The summed E-state index contributed by atoms with van der Waals surface area (Å²) in [6.45, 7) is 10.4. The lowest BCUT2D eigenvalue weighted by atomic mass is 9.98. The molecular formula is C14H30N2. The van der Waals surface area contributed by atoms with Crippen LogP contribution in [0, 0.1) is 5.92 Å². The number of nitrogens with zero attached hydrogens (tertiary/aromatic N) is 1. The van der Waals surface area contributed by atoms with E-state index in [-0.39, 0.29) is 0 Å². The summed E-state index contributed by atoms with van der Waals surface area (Å²) >= 11 is 0. The monoisotopic (exact) mass is 226 g/mol. The molecule has 0 aromatic heterocycles. The molecule has 0 spiro atoms. The van der Waals surface area contributed by atoms with Crippen molar-refractivity contribution in [1.82, 2.24) is 4.90 Å². The Hall–Kier alpha value is -0.0800. The molecule has 0 saturated heterocycles. The summed E-state index contributed by atoms with van der Waals surface area (Å²) in [6, 6.07) is 1.82. The quantitative estimate of drug-likeness (QED) is 0.689. The molecule has 1 fully saturated rings. The summed E-state index contributed by atoms with van der Waals surface area (Å²) in [5.41, 5.74) is 6.34. The lowest BCUT2D eigenvalue weighted by molar-refractivity contribution is 0.135. The highest BCUT2D eigenvalue weighted by molar-refractivity contribution is 4.92. The van der Waals surface area contributed by atoms with Gasteiger partial charge in [0.25, 0.3) is 0 Å². The molecule has 0 radical (unpaired) electrons. The molecule has 0 bridgehead atoms. The molecule has 1 saturated carbocycles. The van der Waals surface area contributed by atoms with Crippen molar-refractivity contribution < 1.29 is 0 Å². The predicted octanol–water partition coefficient (Wildman–Crippen LogP) is 3.01. The Morgan fingerprint density at radius 1 is 1.25 bits per heavy atom. The summed E-state index contributed by atoms with van der Waals surface area (Å²) in [5, 5.41) is 0. The molecule has 0 aromatic carbocycles. The average molecular weight is 226 g/mol. The third-order valence-electron chi connectivity index (χ3n) is 3.55. The van der Waals surface area contributed by atoms with Crippen molar-refractivity contribution in [2.75, 3.05) is 6.54 Å². The number of hydrogen-bond donors (Lipinski definition) is 1. The van der Waals surface area contributed by atoms with Crippen LogP contribution in [0.3, 0.4) is 0 Å². The highest BCUT2D eigenvalue weighted by Crippen LogP contribution is 2.31. The smallest absolute Gasteiger partial charge is 0.0247 e. The molecule has 2 unspecified atom stereocenters. The Labute approximate surface area is 102 Å². The van der Waals surface area contributed by atoms with Crippen molar-refractivity contribution in [1.29, 1.82) is 0 Å². The lowest BCUT2D eigenvalue weighted by Gasteiger charge is -2.36. The topological polar surface area (TPSA) is 29.3 Å². The summed E-state index contributed by atoms with van der Waals surface area (Å²) in [7, 11) is 0. The Balaban J connectivity index is 2.57. The normalized spacial score (nSPS) is 20.4. The first-order valence-corrected chi connectivity index (χ1v) is 7.11. The first-order valence-electron chi connectivity index (χ1n) is 7.11. The van der Waals surface area contributed by atoms with E-state index in [9.17, 15) is 0 Å². The van der Waals surface area contributed by atoms with Crippen LogP contribution in [-0.4, -0.2) is 29.6 Å². The van der Waals surface area contributed by atoms with Crippen LogP contribution < -0.4 is 5.73 Å². The zero-order chi connectivity index (χ0) is 12.1. The molecule has 16 heavy (non-hydrogen) atoms. The van der Waals surface area contributed by atoms with Gasteiger partial charge in [0.15, 0.2) is 0 Å². The Morgan fingerprint density at radius 2 is 1.88 bits per heavy atom. The zero-order valence-electron chi connectivity index (χ0n) is 11.6. The summed E-state index contributed by atoms with van der Waals surface area (Å²) in [5.74, 6) is 0.753. The Bertz CT molecular complexity index is 187. The van der Waals surface area contributed by atoms with E-state index in [2.05, 4.69) is 32.6 Å². The zero-order valence-corrected chi connectivity index (χ0v) is 11.6. The second kappa shape index (κ2) is 6.61. The fourth-order valence-electron chi connectivity index (χ4n) is 2.69. The van der Waals surface area contributed by atoms with Crippen LogP contribution in [0.4, 0.5) is 0 Å². The van der Waals surface area contributed by atoms with E-state index in [1.165, 1.54) is 38.6 Å². The van der Waals surface area contributed by atoms with Crippen LogP contribution in [-0.2, 0) is 0 Å². The van der Waals surface area contributed by atoms with Crippen molar-refractivity contribution in [3.05, 3.63) is 0 Å². The maximum Gasteiger partial charge on any atom is 0.0247 e. The number of hydrogen-bond acceptors (Lipinski definition) is 2. The van der Waals surface area contributed by atoms with E-state index < -0.39 is 0 Å². The molecule has 1 aliphatic rings. The molecule has 1 aliphatic carbocycles. The van der Waals surface area contributed by atoms with E-state index in [0.29, 0.717) is 12.1 Å². The maximum atomic E-state index is 6.34. The third-order valence-corrected chi connectivity index (χ3v) is 3.55. The minimum Gasteiger partial charge on any atom is -0.326 e. The van der Waals surface area contributed by atoms with Crippen LogP contribution in [0.25, 0.3) is 0 Å². The molecule has 2 nitrogen and oxygen atoms in total. The first kappa shape index (κ1) is 14.0. The summed E-state index contributed by atoms with van der Waals surface area (Å²) < 4.78 is 0. The molecule has 2 heteroatoms. The van der Waals surface area contributed by atoms with Gasteiger partial charge in [0, 0.05) is 24.7 Å². The summed E-state index contributed by atoms with van der Waals surface area (Å²) in [4.78, 5) is 2.70. The number of rotatable bonds is 8. The van der Waals surface area contributed by atoms with Crippen LogP contribution >= 0.6 is 0 Å². The van der Waals surface area contributed by atoms with Crippen LogP contribution in [0.15, 0.2) is 0 Å². The van der Waals surface area contributed by atoms with Crippen molar-refractivity contribution in [3.8, 4) is 0 Å². The third kappa shape index (κ3) is 4.06. The molecule has 2 atom stereocenters. The molecule has 2 N–H and O–H groups in total. The predicted molar refractivity (Wildman–Crippen MR) is 71.5 cm³/mol. The van der Waals surface area contributed by atoms with E-state index >= 15 is 0 Å². The highest BCUT2D eigenvalue weighted by atomic mass is 15.2. The standard InChI is InChI=1S/C14H30N2/c1-5-7-13(15)14(6-2)16(10-11(3)4)12-8-9-12/h11-14H,5-10,15H2,1-4H3. The van der Waals surface area contributed by atoms with Gasteiger partial charge < -0.3 is 5.73 Å². The minimum absolute atomic E-state index is 0.370. The second-order valence-corrected chi connectivity index (χ2v) is 5.75.